The molecule has 4 nitrogen and oxygen atoms in total. The molecule has 0 saturated heterocycles. The van der Waals surface area contributed by atoms with Gasteiger partial charge in [0.2, 0.25) is 0 Å². The van der Waals surface area contributed by atoms with Gasteiger partial charge in [-0.3, -0.25) is 0 Å². The van der Waals surface area contributed by atoms with Crippen LogP contribution in [0.4, 0.5) is 9.59 Å². The second kappa shape index (κ2) is 7.87. The van der Waals surface area contributed by atoms with Crippen molar-refractivity contribution in [3.8, 4) is 0 Å². The number of rotatable bonds is 4. The van der Waals surface area contributed by atoms with Gasteiger partial charge in [0.15, 0.2) is 0 Å². The molecule has 0 saturated carbocycles. The van der Waals surface area contributed by atoms with E-state index >= 15 is 0 Å². The van der Waals surface area contributed by atoms with Gasteiger partial charge in [0.1, 0.15) is 0 Å². The van der Waals surface area contributed by atoms with Gasteiger partial charge in [-0.25, -0.2) is 9.59 Å². The summed E-state index contributed by atoms with van der Waals surface area (Å²) in [6.45, 7) is 7.11. The normalized spacial score (nSPS) is 10.5. The first-order chi connectivity index (χ1) is 6.91. The Balaban J connectivity index is 3.53. The van der Waals surface area contributed by atoms with Crippen LogP contribution in [0, 0.1) is 0 Å². The maximum atomic E-state index is 11.0. The van der Waals surface area contributed by atoms with Crippen LogP contribution >= 0.6 is 23.5 Å². The molecule has 0 radical (unpaired) electrons. The van der Waals surface area contributed by atoms with Gasteiger partial charge in [0, 0.05) is 0 Å². The van der Waals surface area contributed by atoms with Gasteiger partial charge in [0.25, 0.3) is 0 Å². The fourth-order valence-electron chi connectivity index (χ4n) is 0.579. The predicted molar refractivity (Wildman–Crippen MR) is 63.3 cm³/mol. The Kier molecular flexibility index (Phi) is 7.68. The summed E-state index contributed by atoms with van der Waals surface area (Å²) in [6.07, 6.45) is -0.254. The highest BCUT2D eigenvalue weighted by atomic mass is 32.2. The van der Waals surface area contributed by atoms with Gasteiger partial charge in [-0.15, -0.1) is 0 Å². The molecule has 0 unspecified atom stereocenters. The van der Waals surface area contributed by atoms with E-state index in [1.165, 1.54) is 0 Å². The fourth-order valence-corrected chi connectivity index (χ4v) is 2.11. The fraction of sp³-hybridized carbons (Fsp3) is 0.778. The van der Waals surface area contributed by atoms with Crippen LogP contribution in [0.5, 0.6) is 0 Å². The SMILES string of the molecule is CC(C)OC(=O)SCSC(=O)OC(C)C. The Morgan fingerprint density at radius 1 is 0.933 bits per heavy atom. The molecule has 0 aromatic heterocycles. The zero-order valence-corrected chi connectivity index (χ0v) is 10.9. The number of carbonyl (C=O) groups is 2. The molecular formula is C9H16O4S2. The lowest BCUT2D eigenvalue weighted by molar-refractivity contribution is 0.142. The standard InChI is InChI=1S/C9H16O4S2/c1-6(2)12-8(10)14-5-15-9(11)13-7(3)4/h6-7H,5H2,1-4H3. The van der Waals surface area contributed by atoms with Gasteiger partial charge in [-0.05, 0) is 51.2 Å². The Bertz CT molecular complexity index is 194. The van der Waals surface area contributed by atoms with Crippen LogP contribution in [0.2, 0.25) is 0 Å². The first kappa shape index (κ1) is 14.6. The van der Waals surface area contributed by atoms with Gasteiger partial charge >= 0.3 is 10.6 Å². The molecule has 0 fully saturated rings. The Hall–Kier alpha value is -0.360. The lowest BCUT2D eigenvalue weighted by Crippen LogP contribution is -2.08. The highest BCUT2D eigenvalue weighted by Crippen LogP contribution is 2.17. The first-order valence-electron chi connectivity index (χ1n) is 4.58. The van der Waals surface area contributed by atoms with Crippen molar-refractivity contribution in [1.29, 1.82) is 0 Å². The number of ether oxygens (including phenoxy) is 2. The lowest BCUT2D eigenvalue weighted by Gasteiger charge is -2.08. The topological polar surface area (TPSA) is 52.6 Å². The molecule has 0 rings (SSSR count). The molecule has 0 N–H and O–H groups in total. The number of hydrogen-bond acceptors (Lipinski definition) is 6. The Labute approximate surface area is 98.5 Å². The van der Waals surface area contributed by atoms with E-state index in [2.05, 4.69) is 0 Å². The summed E-state index contributed by atoms with van der Waals surface area (Å²) in [6, 6.07) is 0. The third-order valence-corrected chi connectivity index (χ3v) is 2.62. The third-order valence-electron chi connectivity index (χ3n) is 1.02. The molecule has 88 valence electrons. The minimum atomic E-state index is -0.366. The summed E-state index contributed by atoms with van der Waals surface area (Å²) in [5.41, 5.74) is 0. The van der Waals surface area contributed by atoms with E-state index in [1.807, 2.05) is 0 Å². The molecule has 0 aliphatic rings. The van der Waals surface area contributed by atoms with Crippen LogP contribution in [0.1, 0.15) is 27.7 Å². The number of carbonyl (C=O) groups excluding carboxylic acids is 2. The van der Waals surface area contributed by atoms with Crippen LogP contribution in [-0.4, -0.2) is 27.9 Å². The Morgan fingerprint density at radius 2 is 1.27 bits per heavy atom. The first-order valence-corrected chi connectivity index (χ1v) is 6.55. The van der Waals surface area contributed by atoms with Gasteiger partial charge in [0.05, 0.1) is 17.3 Å². The molecule has 0 aliphatic heterocycles. The lowest BCUT2D eigenvalue weighted by atomic mass is 10.5. The molecule has 0 aliphatic carbocycles. The molecule has 0 heterocycles. The zero-order chi connectivity index (χ0) is 11.8. The van der Waals surface area contributed by atoms with E-state index in [1.54, 1.807) is 27.7 Å². The molecule has 0 aromatic rings. The van der Waals surface area contributed by atoms with Crippen molar-refractivity contribution >= 4 is 34.1 Å². The minimum absolute atomic E-state index is 0.127. The Morgan fingerprint density at radius 3 is 1.53 bits per heavy atom. The van der Waals surface area contributed by atoms with E-state index in [0.29, 0.717) is 5.08 Å². The summed E-state index contributed by atoms with van der Waals surface area (Å²) < 4.78 is 9.74. The second-order valence-corrected chi connectivity index (χ2v) is 5.43. The molecule has 0 bridgehead atoms. The van der Waals surface area contributed by atoms with Crippen molar-refractivity contribution < 1.29 is 19.1 Å². The molecule has 0 atom stereocenters. The van der Waals surface area contributed by atoms with Crippen molar-refractivity contribution in [3.05, 3.63) is 0 Å². The van der Waals surface area contributed by atoms with Crippen molar-refractivity contribution in [2.75, 3.05) is 5.08 Å². The van der Waals surface area contributed by atoms with Crippen molar-refractivity contribution in [2.45, 2.75) is 39.9 Å². The van der Waals surface area contributed by atoms with Gasteiger partial charge in [-0.2, -0.15) is 0 Å². The maximum absolute atomic E-state index is 11.0. The average molecular weight is 252 g/mol. The molecule has 0 spiro atoms. The van der Waals surface area contributed by atoms with Gasteiger partial charge in [-0.1, -0.05) is 0 Å². The largest absolute Gasteiger partial charge is 0.455 e. The van der Waals surface area contributed by atoms with E-state index in [0.717, 1.165) is 23.5 Å². The highest BCUT2D eigenvalue weighted by molar-refractivity contribution is 8.28. The summed E-state index contributed by atoms with van der Waals surface area (Å²) in [4.78, 5) is 22.1. The maximum Gasteiger partial charge on any atom is 0.368 e. The smallest absolute Gasteiger partial charge is 0.368 e. The van der Waals surface area contributed by atoms with Crippen molar-refractivity contribution in [3.63, 3.8) is 0 Å². The molecule has 15 heavy (non-hydrogen) atoms. The van der Waals surface area contributed by atoms with Crippen LogP contribution < -0.4 is 0 Å². The summed E-state index contributed by atoms with van der Waals surface area (Å²) in [5, 5.41) is -0.415. The van der Waals surface area contributed by atoms with Crippen LogP contribution in [-0.2, 0) is 9.47 Å². The minimum Gasteiger partial charge on any atom is -0.455 e. The average Bonchev–Trinajstić information content (AvgIpc) is 2.00. The molecule has 6 heteroatoms. The molecular weight excluding hydrogens is 236 g/mol. The summed E-state index contributed by atoms with van der Waals surface area (Å²) in [7, 11) is 0. The number of thioether (sulfide) groups is 2. The number of hydrogen-bond donors (Lipinski definition) is 0. The van der Waals surface area contributed by atoms with E-state index in [4.69, 9.17) is 9.47 Å². The predicted octanol–water partition coefficient (Wildman–Crippen LogP) is 3.50. The summed E-state index contributed by atoms with van der Waals surface area (Å²) >= 11 is 1.92. The van der Waals surface area contributed by atoms with E-state index < -0.39 is 0 Å². The second-order valence-electron chi connectivity index (χ2n) is 3.24. The van der Waals surface area contributed by atoms with Crippen LogP contribution in [0.15, 0.2) is 0 Å². The zero-order valence-electron chi connectivity index (χ0n) is 9.31. The van der Waals surface area contributed by atoms with E-state index in [-0.39, 0.29) is 22.8 Å². The van der Waals surface area contributed by atoms with E-state index in [9.17, 15) is 9.59 Å². The quantitative estimate of drug-likeness (QED) is 0.564. The van der Waals surface area contributed by atoms with Crippen LogP contribution in [0.25, 0.3) is 0 Å². The highest BCUT2D eigenvalue weighted by Gasteiger charge is 2.10. The van der Waals surface area contributed by atoms with Crippen molar-refractivity contribution in [2.24, 2.45) is 0 Å². The van der Waals surface area contributed by atoms with Crippen LogP contribution in [0.3, 0.4) is 0 Å². The van der Waals surface area contributed by atoms with Gasteiger partial charge < -0.3 is 9.47 Å². The summed E-state index contributed by atoms with van der Waals surface area (Å²) in [5.74, 6) is 0. The third kappa shape index (κ3) is 9.93. The molecule has 0 aromatic carbocycles. The monoisotopic (exact) mass is 252 g/mol. The van der Waals surface area contributed by atoms with Crippen molar-refractivity contribution in [1.82, 2.24) is 0 Å². The molecule has 0 amide bonds.